The summed E-state index contributed by atoms with van der Waals surface area (Å²) in [4.78, 5) is 45.4. The van der Waals surface area contributed by atoms with E-state index in [2.05, 4.69) is 16.0 Å². The Morgan fingerprint density at radius 1 is 1.04 bits per heavy atom. The van der Waals surface area contributed by atoms with Crippen LogP contribution in [0.25, 0.3) is 0 Å². The van der Waals surface area contributed by atoms with Gasteiger partial charge in [-0.05, 0) is 12.5 Å². The molecular formula is C16H21N3O7. The second-order valence-electron chi connectivity index (χ2n) is 5.32. The molecule has 0 aliphatic heterocycles. The van der Waals surface area contributed by atoms with Gasteiger partial charge in [0, 0.05) is 0 Å². The average Bonchev–Trinajstić information content (AvgIpc) is 2.61. The van der Waals surface area contributed by atoms with Gasteiger partial charge in [0.2, 0.25) is 11.8 Å². The molecule has 0 aliphatic rings. The lowest BCUT2D eigenvalue weighted by atomic mass is 10.2. The Morgan fingerprint density at radius 3 is 2.23 bits per heavy atom. The Hall–Kier alpha value is -3.14. The quantitative estimate of drug-likeness (QED) is 0.374. The fourth-order valence-corrected chi connectivity index (χ4v) is 1.78. The molecule has 142 valence electrons. The normalized spacial score (nSPS) is 12.4. The molecule has 0 unspecified atom stereocenters. The molecule has 26 heavy (non-hydrogen) atoms. The van der Waals surface area contributed by atoms with Crippen LogP contribution in [0.3, 0.4) is 0 Å². The lowest BCUT2D eigenvalue weighted by Crippen LogP contribution is -2.51. The summed E-state index contributed by atoms with van der Waals surface area (Å²) >= 11 is 0. The minimum absolute atomic E-state index is 0.0482. The molecular weight excluding hydrogens is 346 g/mol. The topological polar surface area (TPSA) is 154 Å². The second kappa shape index (κ2) is 10.7. The minimum atomic E-state index is -1.48. The van der Waals surface area contributed by atoms with Crippen LogP contribution in [0.1, 0.15) is 12.5 Å². The van der Waals surface area contributed by atoms with Crippen LogP contribution in [-0.4, -0.2) is 59.3 Å². The number of alkyl carbamates (subject to hydrolysis) is 1. The van der Waals surface area contributed by atoms with Crippen molar-refractivity contribution in [3.05, 3.63) is 35.9 Å². The maximum atomic E-state index is 11.6. The van der Waals surface area contributed by atoms with Crippen molar-refractivity contribution in [2.24, 2.45) is 0 Å². The molecule has 0 bridgehead atoms. The third-order valence-electron chi connectivity index (χ3n) is 3.12. The van der Waals surface area contributed by atoms with Crippen LogP contribution >= 0.6 is 0 Å². The first-order valence-electron chi connectivity index (χ1n) is 7.71. The molecule has 10 heteroatoms. The van der Waals surface area contributed by atoms with Gasteiger partial charge in [-0.25, -0.2) is 9.59 Å². The predicted molar refractivity (Wildman–Crippen MR) is 88.9 cm³/mol. The highest BCUT2D eigenvalue weighted by molar-refractivity contribution is 5.89. The zero-order chi connectivity index (χ0) is 19.5. The van der Waals surface area contributed by atoms with E-state index in [1.807, 2.05) is 6.07 Å². The Balaban J connectivity index is 2.24. The number of amides is 3. The van der Waals surface area contributed by atoms with Crippen LogP contribution in [0.15, 0.2) is 30.3 Å². The lowest BCUT2D eigenvalue weighted by Gasteiger charge is -2.17. The third kappa shape index (κ3) is 8.11. The number of aliphatic carboxylic acids is 1. The van der Waals surface area contributed by atoms with Crippen LogP contribution in [0.5, 0.6) is 0 Å². The van der Waals surface area contributed by atoms with Gasteiger partial charge in [0.15, 0.2) is 6.04 Å². The number of nitrogens with one attached hydrogen (secondary N) is 3. The van der Waals surface area contributed by atoms with E-state index in [-0.39, 0.29) is 6.61 Å². The van der Waals surface area contributed by atoms with Gasteiger partial charge in [0.25, 0.3) is 0 Å². The number of benzene rings is 1. The number of carbonyl (C=O) groups is 4. The smallest absolute Gasteiger partial charge is 0.407 e. The number of hydrogen-bond donors (Lipinski definition) is 5. The van der Waals surface area contributed by atoms with Crippen molar-refractivity contribution in [2.75, 3.05) is 13.1 Å². The third-order valence-corrected chi connectivity index (χ3v) is 3.12. The number of hydrogen-bond acceptors (Lipinski definition) is 6. The van der Waals surface area contributed by atoms with Crippen molar-refractivity contribution < 1.29 is 34.1 Å². The number of aliphatic hydroxyl groups excluding tert-OH is 1. The van der Waals surface area contributed by atoms with Crippen molar-refractivity contribution in [3.8, 4) is 0 Å². The Kier molecular flexibility index (Phi) is 8.58. The monoisotopic (exact) mass is 367 g/mol. The fourth-order valence-electron chi connectivity index (χ4n) is 1.78. The molecule has 0 aromatic heterocycles. The van der Waals surface area contributed by atoms with E-state index < -0.39 is 49.1 Å². The summed E-state index contributed by atoms with van der Waals surface area (Å²) in [5.74, 6) is -2.86. The predicted octanol–water partition coefficient (Wildman–Crippen LogP) is -1.02. The molecule has 3 amide bonds. The minimum Gasteiger partial charge on any atom is -0.480 e. The number of carboxylic acid groups (broad SMARTS) is 1. The van der Waals surface area contributed by atoms with Gasteiger partial charge in [0.05, 0.1) is 12.6 Å². The molecule has 0 aliphatic carbocycles. The lowest BCUT2D eigenvalue weighted by molar-refractivity contribution is -0.144. The maximum absolute atomic E-state index is 11.6. The summed E-state index contributed by atoms with van der Waals surface area (Å²) in [6, 6.07) is 7.48. The Labute approximate surface area is 149 Å². The van der Waals surface area contributed by atoms with Gasteiger partial charge in [-0.15, -0.1) is 0 Å². The van der Waals surface area contributed by atoms with Gasteiger partial charge in [0.1, 0.15) is 13.2 Å². The molecule has 1 aromatic rings. The molecule has 0 spiro atoms. The van der Waals surface area contributed by atoms with Crippen LogP contribution in [0.2, 0.25) is 0 Å². The van der Waals surface area contributed by atoms with Crippen molar-refractivity contribution in [1.82, 2.24) is 16.0 Å². The summed E-state index contributed by atoms with van der Waals surface area (Å²) in [7, 11) is 0. The van der Waals surface area contributed by atoms with Crippen molar-refractivity contribution in [3.63, 3.8) is 0 Å². The molecule has 0 heterocycles. The van der Waals surface area contributed by atoms with Crippen LogP contribution in [-0.2, 0) is 25.7 Å². The van der Waals surface area contributed by atoms with E-state index in [0.717, 1.165) is 5.56 Å². The summed E-state index contributed by atoms with van der Waals surface area (Å²) in [5, 5.41) is 24.5. The highest BCUT2D eigenvalue weighted by atomic mass is 16.5. The van der Waals surface area contributed by atoms with Gasteiger partial charge >= 0.3 is 12.1 Å². The summed E-state index contributed by atoms with van der Waals surface area (Å²) in [6.45, 7) is 0.338. The number of rotatable bonds is 9. The van der Waals surface area contributed by atoms with E-state index >= 15 is 0 Å². The first-order valence-corrected chi connectivity index (χ1v) is 7.71. The molecule has 0 fully saturated rings. The molecule has 1 rings (SSSR count). The maximum Gasteiger partial charge on any atom is 0.407 e. The van der Waals surface area contributed by atoms with E-state index in [1.165, 1.54) is 6.92 Å². The summed E-state index contributed by atoms with van der Waals surface area (Å²) in [5.41, 5.74) is 0.787. The standard InChI is InChI=1S/C16H21N3O7/c1-10(20)14(15(23)24)19-13(22)8-17-12(21)7-18-16(25)26-9-11-5-3-2-4-6-11/h2-6,10,14,20H,7-9H2,1H3,(H,17,21)(H,18,25)(H,19,22)(H,23,24)/t10-,14-/m1/s1. The molecule has 5 N–H and O–H groups in total. The van der Waals surface area contributed by atoms with Crippen molar-refractivity contribution >= 4 is 23.9 Å². The van der Waals surface area contributed by atoms with Gasteiger partial charge in [-0.2, -0.15) is 0 Å². The van der Waals surface area contributed by atoms with Gasteiger partial charge < -0.3 is 30.9 Å². The highest BCUT2D eigenvalue weighted by Crippen LogP contribution is 2.00. The summed E-state index contributed by atoms with van der Waals surface area (Å²) in [6.07, 6.45) is -2.10. The van der Waals surface area contributed by atoms with Crippen molar-refractivity contribution in [2.45, 2.75) is 25.7 Å². The number of carboxylic acids is 1. The molecule has 0 saturated carbocycles. The first-order chi connectivity index (χ1) is 12.3. The van der Waals surface area contributed by atoms with Crippen molar-refractivity contribution in [1.29, 1.82) is 0 Å². The van der Waals surface area contributed by atoms with E-state index in [1.54, 1.807) is 24.3 Å². The van der Waals surface area contributed by atoms with Gasteiger partial charge in [-0.3, -0.25) is 9.59 Å². The summed E-state index contributed by atoms with van der Waals surface area (Å²) < 4.78 is 4.91. The Morgan fingerprint density at radius 2 is 1.65 bits per heavy atom. The SMILES string of the molecule is C[C@@H](O)[C@@H](NC(=O)CNC(=O)CNC(=O)OCc1ccccc1)C(=O)O. The van der Waals surface area contributed by atoms with E-state index in [9.17, 15) is 24.3 Å². The largest absolute Gasteiger partial charge is 0.480 e. The molecule has 0 radical (unpaired) electrons. The number of aliphatic hydroxyl groups is 1. The van der Waals surface area contributed by atoms with Crippen LogP contribution < -0.4 is 16.0 Å². The number of ether oxygens (including phenoxy) is 1. The van der Waals surface area contributed by atoms with Crippen LogP contribution in [0, 0.1) is 0 Å². The Bertz CT molecular complexity index is 634. The van der Waals surface area contributed by atoms with E-state index in [0.29, 0.717) is 0 Å². The average molecular weight is 367 g/mol. The van der Waals surface area contributed by atoms with Crippen LogP contribution in [0.4, 0.5) is 4.79 Å². The van der Waals surface area contributed by atoms with Gasteiger partial charge in [-0.1, -0.05) is 30.3 Å². The highest BCUT2D eigenvalue weighted by Gasteiger charge is 2.24. The zero-order valence-corrected chi connectivity index (χ0v) is 14.1. The fraction of sp³-hybridized carbons (Fsp3) is 0.375. The second-order valence-corrected chi connectivity index (χ2v) is 5.32. The molecule has 2 atom stereocenters. The molecule has 0 saturated heterocycles. The zero-order valence-electron chi connectivity index (χ0n) is 14.1. The first kappa shape index (κ1) is 20.9. The number of carbonyl (C=O) groups excluding carboxylic acids is 3. The van der Waals surface area contributed by atoms with E-state index in [4.69, 9.17) is 9.84 Å². The molecule has 1 aromatic carbocycles. The molecule has 10 nitrogen and oxygen atoms in total.